The Balaban J connectivity index is 1.45. The molecular formula is C18H18N2S. The summed E-state index contributed by atoms with van der Waals surface area (Å²) in [6.45, 7) is 0.992. The van der Waals surface area contributed by atoms with Gasteiger partial charge in [-0.1, -0.05) is 36.4 Å². The molecule has 0 atom stereocenters. The number of nitrogens with one attached hydrogen (secondary N) is 1. The van der Waals surface area contributed by atoms with E-state index in [9.17, 15) is 0 Å². The zero-order valence-corrected chi connectivity index (χ0v) is 12.7. The van der Waals surface area contributed by atoms with Gasteiger partial charge in [0.1, 0.15) is 0 Å². The van der Waals surface area contributed by atoms with Gasteiger partial charge in [-0.05, 0) is 36.1 Å². The first-order valence-corrected chi connectivity index (χ1v) is 8.34. The average molecular weight is 294 g/mol. The molecule has 0 unspecified atom stereocenters. The Bertz CT molecular complexity index is 708. The summed E-state index contributed by atoms with van der Waals surface area (Å²) in [7, 11) is 0. The molecule has 2 aromatic carbocycles. The van der Waals surface area contributed by atoms with E-state index in [1.807, 2.05) is 6.07 Å². The van der Waals surface area contributed by atoms with Crippen molar-refractivity contribution in [2.75, 3.05) is 0 Å². The van der Waals surface area contributed by atoms with Gasteiger partial charge in [-0.2, -0.15) is 0 Å². The van der Waals surface area contributed by atoms with Crippen molar-refractivity contribution in [1.29, 1.82) is 0 Å². The molecule has 0 radical (unpaired) electrons. The number of rotatable bonds is 5. The van der Waals surface area contributed by atoms with Crippen LogP contribution in [0.4, 0.5) is 0 Å². The fourth-order valence-electron chi connectivity index (χ4n) is 2.49. The first-order valence-electron chi connectivity index (χ1n) is 7.52. The van der Waals surface area contributed by atoms with E-state index in [1.165, 1.54) is 33.7 Å². The maximum atomic E-state index is 4.70. The summed E-state index contributed by atoms with van der Waals surface area (Å²) < 4.78 is 1.28. The molecule has 4 rings (SSSR count). The number of para-hydroxylation sites is 1. The Labute approximate surface area is 128 Å². The van der Waals surface area contributed by atoms with Crippen LogP contribution in [-0.2, 0) is 13.0 Å². The lowest BCUT2D eigenvalue weighted by Crippen LogP contribution is -2.15. The van der Waals surface area contributed by atoms with Gasteiger partial charge in [-0.3, -0.25) is 0 Å². The highest BCUT2D eigenvalue weighted by Gasteiger charge is 2.19. The van der Waals surface area contributed by atoms with Crippen molar-refractivity contribution in [3.8, 4) is 0 Å². The second-order valence-corrected chi connectivity index (χ2v) is 6.84. The van der Waals surface area contributed by atoms with Gasteiger partial charge in [0.25, 0.3) is 0 Å². The summed E-state index contributed by atoms with van der Waals surface area (Å²) >= 11 is 1.80. The summed E-state index contributed by atoms with van der Waals surface area (Å²) in [5.74, 6) is 0. The molecular weight excluding hydrogens is 276 g/mol. The smallest absolute Gasteiger partial charge is 0.0982 e. The van der Waals surface area contributed by atoms with E-state index in [4.69, 9.17) is 4.98 Å². The Morgan fingerprint density at radius 1 is 1.00 bits per heavy atom. The number of thiazole rings is 1. The van der Waals surface area contributed by atoms with Gasteiger partial charge in [0.2, 0.25) is 0 Å². The van der Waals surface area contributed by atoms with Gasteiger partial charge in [0, 0.05) is 19.0 Å². The standard InChI is InChI=1S/C18H18N2S/c1-2-4-17-16(3-1)20-18(21-17)11-13-5-7-14(8-6-13)12-19-15-9-10-15/h1-8,15,19H,9-12H2. The highest BCUT2D eigenvalue weighted by atomic mass is 32.1. The lowest BCUT2D eigenvalue weighted by atomic mass is 10.1. The maximum Gasteiger partial charge on any atom is 0.0982 e. The molecule has 1 fully saturated rings. The summed E-state index contributed by atoms with van der Waals surface area (Å²) in [5, 5.41) is 4.74. The first kappa shape index (κ1) is 13.0. The summed E-state index contributed by atoms with van der Waals surface area (Å²) in [4.78, 5) is 4.70. The van der Waals surface area contributed by atoms with Gasteiger partial charge < -0.3 is 5.32 Å². The molecule has 0 spiro atoms. The number of hydrogen-bond acceptors (Lipinski definition) is 3. The molecule has 1 N–H and O–H groups in total. The third-order valence-electron chi connectivity index (χ3n) is 3.89. The van der Waals surface area contributed by atoms with Crippen LogP contribution < -0.4 is 5.32 Å². The van der Waals surface area contributed by atoms with E-state index in [0.29, 0.717) is 0 Å². The van der Waals surface area contributed by atoms with Crippen LogP contribution in [0.2, 0.25) is 0 Å². The minimum absolute atomic E-state index is 0.771. The minimum atomic E-state index is 0.771. The molecule has 1 aromatic heterocycles. The van der Waals surface area contributed by atoms with E-state index >= 15 is 0 Å². The number of nitrogens with zero attached hydrogens (tertiary/aromatic N) is 1. The Morgan fingerprint density at radius 2 is 1.76 bits per heavy atom. The molecule has 0 saturated heterocycles. The predicted molar refractivity (Wildman–Crippen MR) is 88.7 cm³/mol. The van der Waals surface area contributed by atoms with Crippen molar-refractivity contribution in [3.63, 3.8) is 0 Å². The molecule has 21 heavy (non-hydrogen) atoms. The lowest BCUT2D eigenvalue weighted by Gasteiger charge is -2.04. The van der Waals surface area contributed by atoms with Gasteiger partial charge >= 0.3 is 0 Å². The monoisotopic (exact) mass is 294 g/mol. The molecule has 1 heterocycles. The summed E-state index contributed by atoms with van der Waals surface area (Å²) in [5.41, 5.74) is 3.82. The number of fused-ring (bicyclic) bond motifs is 1. The quantitative estimate of drug-likeness (QED) is 0.765. The fourth-order valence-corrected chi connectivity index (χ4v) is 3.50. The highest BCUT2D eigenvalue weighted by Crippen LogP contribution is 2.24. The van der Waals surface area contributed by atoms with Crippen LogP contribution in [0, 0.1) is 0 Å². The first-order chi connectivity index (χ1) is 10.4. The molecule has 1 saturated carbocycles. The normalized spacial score (nSPS) is 14.7. The van der Waals surface area contributed by atoms with Crippen molar-refractivity contribution < 1.29 is 0 Å². The molecule has 1 aliphatic rings. The van der Waals surface area contributed by atoms with Gasteiger partial charge in [0.05, 0.1) is 15.2 Å². The van der Waals surface area contributed by atoms with Crippen LogP contribution in [0.15, 0.2) is 48.5 Å². The van der Waals surface area contributed by atoms with Gasteiger partial charge in [-0.25, -0.2) is 4.98 Å². The van der Waals surface area contributed by atoms with Gasteiger partial charge in [-0.15, -0.1) is 11.3 Å². The summed E-state index contributed by atoms with van der Waals surface area (Å²) in [6, 6.07) is 18.1. The maximum absolute atomic E-state index is 4.70. The largest absolute Gasteiger partial charge is 0.310 e. The third-order valence-corrected chi connectivity index (χ3v) is 4.93. The lowest BCUT2D eigenvalue weighted by molar-refractivity contribution is 0.687. The van der Waals surface area contributed by atoms with Crippen molar-refractivity contribution >= 4 is 21.6 Å². The van der Waals surface area contributed by atoms with Crippen LogP contribution >= 0.6 is 11.3 Å². The van der Waals surface area contributed by atoms with E-state index in [1.54, 1.807) is 11.3 Å². The van der Waals surface area contributed by atoms with Crippen molar-refractivity contribution in [2.24, 2.45) is 0 Å². The predicted octanol–water partition coefficient (Wildman–Crippen LogP) is 4.14. The van der Waals surface area contributed by atoms with Crippen molar-refractivity contribution in [2.45, 2.75) is 31.8 Å². The van der Waals surface area contributed by atoms with Crippen LogP contribution in [0.3, 0.4) is 0 Å². The molecule has 3 aromatic rings. The molecule has 0 aliphatic heterocycles. The molecule has 106 valence electrons. The number of aromatic nitrogens is 1. The number of benzene rings is 2. The number of hydrogen-bond donors (Lipinski definition) is 1. The van der Waals surface area contributed by atoms with Gasteiger partial charge in [0.15, 0.2) is 0 Å². The van der Waals surface area contributed by atoms with Crippen LogP contribution in [0.25, 0.3) is 10.2 Å². The molecule has 2 nitrogen and oxygen atoms in total. The zero-order chi connectivity index (χ0) is 14.1. The SMILES string of the molecule is c1ccc2sc(Cc3ccc(CNC4CC4)cc3)nc2c1. The van der Waals surface area contributed by atoms with E-state index < -0.39 is 0 Å². The Hall–Kier alpha value is -1.71. The zero-order valence-electron chi connectivity index (χ0n) is 11.9. The fraction of sp³-hybridized carbons (Fsp3) is 0.278. The summed E-state index contributed by atoms with van der Waals surface area (Å²) in [6.07, 6.45) is 3.61. The van der Waals surface area contributed by atoms with E-state index in [2.05, 4.69) is 47.8 Å². The second kappa shape index (κ2) is 5.58. The van der Waals surface area contributed by atoms with Crippen molar-refractivity contribution in [3.05, 3.63) is 64.7 Å². The third kappa shape index (κ3) is 3.14. The van der Waals surface area contributed by atoms with E-state index in [0.717, 1.165) is 24.5 Å². The second-order valence-electron chi connectivity index (χ2n) is 5.72. The molecule has 1 aliphatic carbocycles. The van der Waals surface area contributed by atoms with Crippen molar-refractivity contribution in [1.82, 2.24) is 10.3 Å². The topological polar surface area (TPSA) is 24.9 Å². The molecule has 3 heteroatoms. The Morgan fingerprint density at radius 3 is 2.52 bits per heavy atom. The highest BCUT2D eigenvalue weighted by molar-refractivity contribution is 7.18. The average Bonchev–Trinajstić information content (AvgIpc) is 3.25. The minimum Gasteiger partial charge on any atom is -0.310 e. The van der Waals surface area contributed by atoms with E-state index in [-0.39, 0.29) is 0 Å². The van der Waals surface area contributed by atoms with Crippen LogP contribution in [-0.4, -0.2) is 11.0 Å². The molecule has 0 amide bonds. The Kier molecular flexibility index (Phi) is 3.45. The molecule has 0 bridgehead atoms. The van der Waals surface area contributed by atoms with Crippen LogP contribution in [0.1, 0.15) is 29.0 Å². The van der Waals surface area contributed by atoms with Crippen LogP contribution in [0.5, 0.6) is 0 Å².